The van der Waals surface area contributed by atoms with Crippen LogP contribution in [0.5, 0.6) is 0 Å². The minimum Gasteiger partial charge on any atom is -0.368 e. The van der Waals surface area contributed by atoms with Crippen LogP contribution in [0.15, 0.2) is 84.9 Å². The number of carbonyl (C=O) groups is 1. The first-order valence-corrected chi connectivity index (χ1v) is 8.75. The highest BCUT2D eigenvalue weighted by atomic mass is 16.2. The van der Waals surface area contributed by atoms with Gasteiger partial charge in [-0.15, -0.1) is 0 Å². The van der Waals surface area contributed by atoms with Gasteiger partial charge in [-0.05, 0) is 30.2 Å². The number of allylic oxidation sites excluding steroid dienone is 3. The Labute approximate surface area is 152 Å². The summed E-state index contributed by atoms with van der Waals surface area (Å²) in [6.07, 6.45) is 10.1. The number of pyridine rings is 1. The second kappa shape index (κ2) is 7.27. The van der Waals surface area contributed by atoms with Crippen molar-refractivity contribution in [3.63, 3.8) is 0 Å². The molecule has 0 radical (unpaired) electrons. The van der Waals surface area contributed by atoms with E-state index in [-0.39, 0.29) is 5.91 Å². The molecule has 26 heavy (non-hydrogen) atoms. The third-order valence-electron chi connectivity index (χ3n) is 4.52. The van der Waals surface area contributed by atoms with Crippen LogP contribution >= 0.6 is 0 Å². The fourth-order valence-electron chi connectivity index (χ4n) is 3.22. The van der Waals surface area contributed by atoms with Crippen molar-refractivity contribution in [2.75, 3.05) is 6.54 Å². The topological polar surface area (TPSA) is 57.0 Å². The van der Waals surface area contributed by atoms with Gasteiger partial charge < -0.3 is 16.0 Å². The predicted molar refractivity (Wildman–Crippen MR) is 100 cm³/mol. The quantitative estimate of drug-likeness (QED) is 0.741. The maximum Gasteiger partial charge on any atom is 0.311 e. The minimum atomic E-state index is -0.443. The molecule has 130 valence electrons. The summed E-state index contributed by atoms with van der Waals surface area (Å²) in [7, 11) is 0. The number of aromatic nitrogens is 1. The number of nitrogens with one attached hydrogen (secondary N) is 3. The lowest BCUT2D eigenvalue weighted by molar-refractivity contribution is -0.705. The van der Waals surface area contributed by atoms with Crippen molar-refractivity contribution in [3.05, 3.63) is 96.1 Å². The van der Waals surface area contributed by atoms with E-state index in [1.54, 1.807) is 0 Å². The van der Waals surface area contributed by atoms with E-state index in [4.69, 9.17) is 0 Å². The summed E-state index contributed by atoms with van der Waals surface area (Å²) in [5.41, 5.74) is 4.22. The van der Waals surface area contributed by atoms with E-state index in [0.717, 1.165) is 23.4 Å². The molecule has 4 rings (SSSR count). The minimum absolute atomic E-state index is 0.0316. The van der Waals surface area contributed by atoms with Crippen molar-refractivity contribution in [3.8, 4) is 0 Å². The van der Waals surface area contributed by atoms with E-state index < -0.39 is 6.17 Å². The standard InChI is InChI=1S/C21H20N4O/c26-21(23-14-9-16-6-2-1-3-7-16)20-24-19(17-10-12-22-13-11-17)18-8-4-5-15-25(18)20/h1-8,10-13,15,20,24H,9,14H2,(H,23,26)/p+1. The second-order valence-corrected chi connectivity index (χ2v) is 6.23. The number of fused-ring (bicyclic) bond motifs is 1. The van der Waals surface area contributed by atoms with E-state index in [0.29, 0.717) is 6.54 Å². The number of rotatable bonds is 4. The Morgan fingerprint density at radius 1 is 1.04 bits per heavy atom. The van der Waals surface area contributed by atoms with Gasteiger partial charge in [0.1, 0.15) is 5.70 Å². The average molecular weight is 345 g/mol. The first kappa shape index (κ1) is 16.1. The van der Waals surface area contributed by atoms with Crippen LogP contribution in [0, 0.1) is 0 Å². The molecule has 2 aliphatic rings. The van der Waals surface area contributed by atoms with Gasteiger partial charge in [0.05, 0.1) is 0 Å². The number of hydrogen-bond acceptors (Lipinski definition) is 3. The van der Waals surface area contributed by atoms with Crippen LogP contribution in [0.2, 0.25) is 0 Å². The zero-order valence-electron chi connectivity index (χ0n) is 14.4. The van der Waals surface area contributed by atoms with Crippen LogP contribution in [0.1, 0.15) is 17.4 Å². The van der Waals surface area contributed by atoms with Crippen molar-refractivity contribution < 1.29 is 9.36 Å². The highest BCUT2D eigenvalue weighted by molar-refractivity contribution is 5.82. The average Bonchev–Trinajstić information content (AvgIpc) is 3.09. The molecular weight excluding hydrogens is 324 g/mol. The maximum atomic E-state index is 12.8. The third kappa shape index (κ3) is 3.24. The molecule has 0 fully saturated rings. The van der Waals surface area contributed by atoms with Crippen molar-refractivity contribution in [1.82, 2.24) is 16.0 Å². The van der Waals surface area contributed by atoms with E-state index in [9.17, 15) is 4.79 Å². The summed E-state index contributed by atoms with van der Waals surface area (Å²) in [6, 6.07) is 16.1. The Hall–Kier alpha value is -3.34. The number of hydrogen-bond donors (Lipinski definition) is 3. The molecule has 1 amide bonds. The highest BCUT2D eigenvalue weighted by Crippen LogP contribution is 2.23. The molecule has 1 aromatic carbocycles. The third-order valence-corrected chi connectivity index (χ3v) is 4.52. The molecule has 3 heterocycles. The number of nitrogens with zero attached hydrogens (tertiary/aromatic N) is 1. The van der Waals surface area contributed by atoms with Gasteiger partial charge in [-0.1, -0.05) is 30.3 Å². The van der Waals surface area contributed by atoms with Crippen molar-refractivity contribution in [2.45, 2.75) is 12.6 Å². The molecule has 0 saturated carbocycles. The molecule has 5 nitrogen and oxygen atoms in total. The molecule has 0 saturated heterocycles. The molecule has 5 heteroatoms. The molecule has 0 aliphatic carbocycles. The SMILES string of the molecule is O=C(NCCc1ccccc1)C1NC(=C2C=CNC=C2)c2cccc[n+]21. The van der Waals surface area contributed by atoms with Crippen LogP contribution in [0.3, 0.4) is 0 Å². The number of amides is 1. The van der Waals surface area contributed by atoms with Crippen LogP contribution < -0.4 is 20.5 Å². The Balaban J connectivity index is 1.50. The van der Waals surface area contributed by atoms with Gasteiger partial charge in [-0.3, -0.25) is 4.79 Å². The first-order valence-electron chi connectivity index (χ1n) is 8.75. The van der Waals surface area contributed by atoms with Crippen molar-refractivity contribution in [1.29, 1.82) is 0 Å². The van der Waals surface area contributed by atoms with Crippen LogP contribution in [0.25, 0.3) is 5.70 Å². The Morgan fingerprint density at radius 2 is 1.81 bits per heavy atom. The van der Waals surface area contributed by atoms with Gasteiger partial charge in [0.15, 0.2) is 6.20 Å². The maximum absolute atomic E-state index is 12.8. The second-order valence-electron chi connectivity index (χ2n) is 6.23. The van der Waals surface area contributed by atoms with Gasteiger partial charge in [0, 0.05) is 36.7 Å². The summed E-state index contributed by atoms with van der Waals surface area (Å²) in [5, 5.41) is 9.45. The van der Waals surface area contributed by atoms with Crippen molar-refractivity contribution >= 4 is 11.6 Å². The normalized spacial score (nSPS) is 17.5. The zero-order valence-corrected chi connectivity index (χ0v) is 14.4. The molecule has 0 bridgehead atoms. The number of carbonyl (C=O) groups excluding carboxylic acids is 1. The smallest absolute Gasteiger partial charge is 0.311 e. The van der Waals surface area contributed by atoms with Crippen LogP contribution in [-0.2, 0) is 11.2 Å². The van der Waals surface area contributed by atoms with Gasteiger partial charge in [-0.2, -0.15) is 4.57 Å². The summed E-state index contributed by atoms with van der Waals surface area (Å²) in [4.78, 5) is 12.8. The number of dihydropyridines is 1. The Morgan fingerprint density at radius 3 is 2.62 bits per heavy atom. The largest absolute Gasteiger partial charge is 0.368 e. The van der Waals surface area contributed by atoms with E-state index in [1.165, 1.54) is 5.56 Å². The molecule has 3 N–H and O–H groups in total. The zero-order chi connectivity index (χ0) is 17.8. The van der Waals surface area contributed by atoms with Gasteiger partial charge in [0.25, 0.3) is 0 Å². The summed E-state index contributed by atoms with van der Waals surface area (Å²) < 4.78 is 1.98. The van der Waals surface area contributed by atoms with Crippen molar-refractivity contribution in [2.24, 2.45) is 0 Å². The Kier molecular flexibility index (Phi) is 4.51. The van der Waals surface area contributed by atoms with Gasteiger partial charge in [0.2, 0.25) is 5.69 Å². The van der Waals surface area contributed by atoms with E-state index in [1.807, 2.05) is 71.7 Å². The number of benzene rings is 1. The summed E-state index contributed by atoms with van der Waals surface area (Å²) >= 11 is 0. The first-order chi connectivity index (χ1) is 12.8. The fraction of sp³-hybridized carbons (Fsp3) is 0.143. The monoisotopic (exact) mass is 345 g/mol. The lowest BCUT2D eigenvalue weighted by Crippen LogP contribution is -2.50. The molecule has 0 spiro atoms. The molecular formula is C21H21N4O+. The van der Waals surface area contributed by atoms with Crippen LogP contribution in [-0.4, -0.2) is 12.5 Å². The molecule has 1 unspecified atom stereocenters. The highest BCUT2D eigenvalue weighted by Gasteiger charge is 2.39. The molecule has 1 aromatic heterocycles. The summed E-state index contributed by atoms with van der Waals surface area (Å²) in [6.45, 7) is 0.610. The van der Waals surface area contributed by atoms with E-state index >= 15 is 0 Å². The lowest BCUT2D eigenvalue weighted by atomic mass is 10.1. The van der Waals surface area contributed by atoms with E-state index in [2.05, 4.69) is 28.1 Å². The van der Waals surface area contributed by atoms with Crippen LogP contribution in [0.4, 0.5) is 0 Å². The Bertz CT molecular complexity index is 885. The fourth-order valence-corrected chi connectivity index (χ4v) is 3.22. The van der Waals surface area contributed by atoms with Gasteiger partial charge >= 0.3 is 12.1 Å². The summed E-state index contributed by atoms with van der Waals surface area (Å²) in [5.74, 6) is -0.0316. The lowest BCUT2D eigenvalue weighted by Gasteiger charge is -2.09. The van der Waals surface area contributed by atoms with Gasteiger partial charge in [-0.25, -0.2) is 0 Å². The molecule has 1 atom stereocenters. The molecule has 2 aromatic rings. The predicted octanol–water partition coefficient (Wildman–Crippen LogP) is 1.78. The molecule has 2 aliphatic heterocycles.